The SMILES string of the molecule is CC(C)CC(=O)N1C[C@@H]2CCCN3CCC[C@@H]([C@H]23)[C@H]1CCCC(=O)N1CCOCC1. The van der Waals surface area contributed by atoms with Gasteiger partial charge in [0.25, 0.3) is 0 Å². The molecule has 0 aromatic rings. The van der Waals surface area contributed by atoms with Gasteiger partial charge in [0.1, 0.15) is 0 Å². The summed E-state index contributed by atoms with van der Waals surface area (Å²) < 4.78 is 5.37. The summed E-state index contributed by atoms with van der Waals surface area (Å²) in [4.78, 5) is 32.8. The minimum absolute atomic E-state index is 0.259. The fraction of sp³-hybridized carbons (Fsp3) is 0.917. The first-order valence-electron chi connectivity index (χ1n) is 12.4. The van der Waals surface area contributed by atoms with E-state index in [0.717, 1.165) is 32.5 Å². The van der Waals surface area contributed by atoms with Crippen LogP contribution in [0.5, 0.6) is 0 Å². The fourth-order valence-corrected chi connectivity index (χ4v) is 6.55. The van der Waals surface area contributed by atoms with Crippen LogP contribution < -0.4 is 0 Å². The second kappa shape index (κ2) is 9.99. The zero-order chi connectivity index (χ0) is 21.1. The van der Waals surface area contributed by atoms with Crippen molar-refractivity contribution in [3.8, 4) is 0 Å². The molecule has 4 aliphatic rings. The van der Waals surface area contributed by atoms with Gasteiger partial charge in [0.15, 0.2) is 0 Å². The summed E-state index contributed by atoms with van der Waals surface area (Å²) >= 11 is 0. The van der Waals surface area contributed by atoms with Crippen LogP contribution in [0.4, 0.5) is 0 Å². The Morgan fingerprint density at radius 2 is 1.73 bits per heavy atom. The summed E-state index contributed by atoms with van der Waals surface area (Å²) in [7, 11) is 0. The molecule has 4 rings (SSSR count). The predicted molar refractivity (Wildman–Crippen MR) is 117 cm³/mol. The van der Waals surface area contributed by atoms with Crippen LogP contribution in [0.1, 0.15) is 65.2 Å². The van der Waals surface area contributed by atoms with Gasteiger partial charge in [0.05, 0.1) is 13.2 Å². The van der Waals surface area contributed by atoms with Gasteiger partial charge in [0, 0.05) is 44.6 Å². The summed E-state index contributed by atoms with van der Waals surface area (Å²) in [5, 5.41) is 0. The Kier molecular flexibility index (Phi) is 7.35. The number of hydrogen-bond donors (Lipinski definition) is 0. The number of morpholine rings is 1. The lowest BCUT2D eigenvalue weighted by Gasteiger charge is -2.57. The van der Waals surface area contributed by atoms with E-state index in [1.807, 2.05) is 4.90 Å². The van der Waals surface area contributed by atoms with E-state index >= 15 is 0 Å². The van der Waals surface area contributed by atoms with Gasteiger partial charge in [-0.3, -0.25) is 14.5 Å². The molecule has 0 aromatic heterocycles. The van der Waals surface area contributed by atoms with Crippen molar-refractivity contribution in [2.24, 2.45) is 17.8 Å². The lowest BCUT2D eigenvalue weighted by Crippen LogP contribution is -2.65. The molecule has 0 aliphatic carbocycles. The number of piperidine rings is 3. The molecule has 0 spiro atoms. The standard InChI is InChI=1S/C24H41N3O3/c1-18(2)16-23(29)27-17-19-6-4-10-26-11-5-7-20(24(19)26)21(27)8-3-9-22(28)25-12-14-30-15-13-25/h18-21,24H,3-17H2,1-2H3/t19-,20+,21+,24-/m0/s1. The third-order valence-corrected chi connectivity index (χ3v) is 7.83. The molecule has 2 amide bonds. The number of rotatable bonds is 6. The monoisotopic (exact) mass is 419 g/mol. The topological polar surface area (TPSA) is 53.1 Å². The average molecular weight is 420 g/mol. The Morgan fingerprint density at radius 1 is 1.00 bits per heavy atom. The fourth-order valence-electron chi connectivity index (χ4n) is 6.55. The minimum Gasteiger partial charge on any atom is -0.378 e. The van der Waals surface area contributed by atoms with Crippen LogP contribution in [0.2, 0.25) is 0 Å². The molecule has 4 atom stereocenters. The van der Waals surface area contributed by atoms with Crippen LogP contribution in [-0.2, 0) is 14.3 Å². The summed E-state index contributed by atoms with van der Waals surface area (Å²) in [6.07, 6.45) is 8.16. The van der Waals surface area contributed by atoms with Gasteiger partial charge >= 0.3 is 0 Å². The third kappa shape index (κ3) is 4.85. The maximum Gasteiger partial charge on any atom is 0.223 e. The molecule has 4 heterocycles. The van der Waals surface area contributed by atoms with E-state index < -0.39 is 0 Å². The Hall–Kier alpha value is -1.14. The molecule has 4 fully saturated rings. The number of ether oxygens (including phenoxy) is 1. The first-order chi connectivity index (χ1) is 14.5. The van der Waals surface area contributed by atoms with E-state index in [0.29, 0.717) is 61.8 Å². The van der Waals surface area contributed by atoms with Crippen LogP contribution in [-0.4, -0.2) is 84.5 Å². The van der Waals surface area contributed by atoms with Crippen molar-refractivity contribution in [3.05, 3.63) is 0 Å². The van der Waals surface area contributed by atoms with E-state index in [-0.39, 0.29) is 5.91 Å². The van der Waals surface area contributed by atoms with Gasteiger partial charge in [-0.05, 0) is 69.4 Å². The van der Waals surface area contributed by atoms with E-state index in [9.17, 15) is 9.59 Å². The molecule has 4 saturated heterocycles. The van der Waals surface area contributed by atoms with Crippen LogP contribution in [0.25, 0.3) is 0 Å². The second-order valence-corrected chi connectivity index (χ2v) is 10.3. The van der Waals surface area contributed by atoms with Gasteiger partial charge in [-0.25, -0.2) is 0 Å². The highest BCUT2D eigenvalue weighted by atomic mass is 16.5. The number of nitrogens with zero attached hydrogens (tertiary/aromatic N) is 3. The van der Waals surface area contributed by atoms with Crippen molar-refractivity contribution in [2.45, 2.75) is 77.3 Å². The summed E-state index contributed by atoms with van der Waals surface area (Å²) in [6.45, 7) is 10.5. The van der Waals surface area contributed by atoms with E-state index in [4.69, 9.17) is 4.74 Å². The predicted octanol–water partition coefficient (Wildman–Crippen LogP) is 2.76. The molecule has 0 saturated carbocycles. The van der Waals surface area contributed by atoms with Gasteiger partial charge < -0.3 is 14.5 Å². The van der Waals surface area contributed by atoms with Crippen LogP contribution >= 0.6 is 0 Å². The Bertz CT molecular complexity index is 603. The second-order valence-electron chi connectivity index (χ2n) is 10.3. The first kappa shape index (κ1) is 22.1. The molecule has 0 N–H and O–H groups in total. The van der Waals surface area contributed by atoms with Gasteiger partial charge in [-0.2, -0.15) is 0 Å². The Balaban J connectivity index is 1.43. The van der Waals surface area contributed by atoms with Crippen LogP contribution in [0.15, 0.2) is 0 Å². The third-order valence-electron chi connectivity index (χ3n) is 7.83. The van der Waals surface area contributed by atoms with Crippen molar-refractivity contribution in [3.63, 3.8) is 0 Å². The summed E-state index contributed by atoms with van der Waals surface area (Å²) in [5.74, 6) is 2.23. The smallest absolute Gasteiger partial charge is 0.223 e. The van der Waals surface area contributed by atoms with Crippen molar-refractivity contribution in [1.29, 1.82) is 0 Å². The van der Waals surface area contributed by atoms with Crippen molar-refractivity contribution >= 4 is 11.8 Å². The van der Waals surface area contributed by atoms with E-state index in [1.165, 1.54) is 38.8 Å². The highest BCUT2D eigenvalue weighted by Crippen LogP contribution is 2.43. The molecule has 170 valence electrons. The molecule has 0 unspecified atom stereocenters. The number of amides is 2. The van der Waals surface area contributed by atoms with Crippen LogP contribution in [0.3, 0.4) is 0 Å². The lowest BCUT2D eigenvalue weighted by molar-refractivity contribution is -0.147. The number of carbonyl (C=O) groups excluding carboxylic acids is 2. The molecule has 6 nitrogen and oxygen atoms in total. The van der Waals surface area contributed by atoms with Gasteiger partial charge in [-0.1, -0.05) is 13.8 Å². The van der Waals surface area contributed by atoms with E-state index in [1.54, 1.807) is 0 Å². The lowest BCUT2D eigenvalue weighted by atomic mass is 9.69. The molecule has 6 heteroatoms. The Labute approximate surface area is 182 Å². The number of carbonyl (C=O) groups is 2. The summed E-state index contributed by atoms with van der Waals surface area (Å²) in [5.41, 5.74) is 0. The Morgan fingerprint density at radius 3 is 2.47 bits per heavy atom. The molecular formula is C24H41N3O3. The first-order valence-corrected chi connectivity index (χ1v) is 12.4. The number of likely N-dealkylation sites (tertiary alicyclic amines) is 1. The van der Waals surface area contributed by atoms with E-state index in [2.05, 4.69) is 23.6 Å². The molecule has 30 heavy (non-hydrogen) atoms. The van der Waals surface area contributed by atoms with Crippen molar-refractivity contribution < 1.29 is 14.3 Å². The molecule has 0 aromatic carbocycles. The highest BCUT2D eigenvalue weighted by molar-refractivity contribution is 5.77. The number of hydrogen-bond acceptors (Lipinski definition) is 4. The minimum atomic E-state index is 0.259. The zero-order valence-electron chi connectivity index (χ0n) is 19.1. The van der Waals surface area contributed by atoms with Crippen molar-refractivity contribution in [2.75, 3.05) is 45.9 Å². The molecule has 4 aliphatic heterocycles. The normalized spacial score (nSPS) is 32.2. The summed E-state index contributed by atoms with van der Waals surface area (Å²) in [6, 6.07) is 0.978. The zero-order valence-corrected chi connectivity index (χ0v) is 19.1. The molecule has 0 radical (unpaired) electrons. The quantitative estimate of drug-likeness (QED) is 0.664. The van der Waals surface area contributed by atoms with Gasteiger partial charge in [0.2, 0.25) is 11.8 Å². The van der Waals surface area contributed by atoms with Crippen LogP contribution in [0, 0.1) is 17.8 Å². The molecular weight excluding hydrogens is 378 g/mol. The van der Waals surface area contributed by atoms with Gasteiger partial charge in [-0.15, -0.1) is 0 Å². The maximum atomic E-state index is 13.2. The molecule has 0 bridgehead atoms. The average Bonchev–Trinajstić information content (AvgIpc) is 2.75. The van der Waals surface area contributed by atoms with Crippen molar-refractivity contribution in [1.82, 2.24) is 14.7 Å². The highest BCUT2D eigenvalue weighted by Gasteiger charge is 2.49. The largest absolute Gasteiger partial charge is 0.378 e. The maximum absolute atomic E-state index is 13.2.